The van der Waals surface area contributed by atoms with E-state index in [1.807, 2.05) is 0 Å². The maximum Gasteiger partial charge on any atom is 0.272 e. The molecule has 0 amide bonds. The van der Waals surface area contributed by atoms with Gasteiger partial charge < -0.3 is 5.11 Å². The first-order valence-corrected chi connectivity index (χ1v) is 5.90. The van der Waals surface area contributed by atoms with Gasteiger partial charge in [0.1, 0.15) is 5.78 Å². The number of benzene rings is 1. The van der Waals surface area contributed by atoms with Crippen molar-refractivity contribution in [2.75, 3.05) is 6.61 Å². The molecule has 0 aliphatic rings. The summed E-state index contributed by atoms with van der Waals surface area (Å²) in [7, 11) is 0. The van der Waals surface area contributed by atoms with Gasteiger partial charge in [-0.2, -0.15) is 0 Å². The van der Waals surface area contributed by atoms with Crippen molar-refractivity contribution in [3.05, 3.63) is 39.9 Å². The third-order valence-electron chi connectivity index (χ3n) is 3.00. The summed E-state index contributed by atoms with van der Waals surface area (Å²) in [4.78, 5) is 21.7. The lowest BCUT2D eigenvalue weighted by Crippen LogP contribution is -2.14. The normalized spacial score (nSPS) is 12.1. The fourth-order valence-electron chi connectivity index (χ4n) is 1.94. The molecule has 1 N–H and O–H groups in total. The average molecular weight is 251 g/mol. The summed E-state index contributed by atoms with van der Waals surface area (Å²) in [5, 5.41) is 19.7. The Morgan fingerprint density at radius 2 is 2.06 bits per heavy atom. The van der Waals surface area contributed by atoms with Crippen LogP contribution in [-0.2, 0) is 11.2 Å². The fourth-order valence-corrected chi connectivity index (χ4v) is 1.94. The molecule has 1 unspecified atom stereocenters. The van der Waals surface area contributed by atoms with Crippen LogP contribution in [0.1, 0.15) is 25.3 Å². The highest BCUT2D eigenvalue weighted by Crippen LogP contribution is 2.22. The minimum absolute atomic E-state index is 0.0163. The van der Waals surface area contributed by atoms with Crippen LogP contribution in [0, 0.1) is 16.0 Å². The Bertz CT molecular complexity index is 431. The molecule has 5 nitrogen and oxygen atoms in total. The van der Waals surface area contributed by atoms with Crippen LogP contribution in [0.2, 0.25) is 0 Å². The quantitative estimate of drug-likeness (QED) is 0.594. The molecule has 98 valence electrons. The highest BCUT2D eigenvalue weighted by Gasteiger charge is 2.17. The molecule has 1 atom stereocenters. The molecule has 0 heterocycles. The number of Topliss-reactive ketones (excluding diaryl/α,β-unsaturated/α-hetero) is 1. The van der Waals surface area contributed by atoms with Crippen LogP contribution < -0.4 is 0 Å². The number of aliphatic hydroxyl groups is 1. The van der Waals surface area contributed by atoms with Gasteiger partial charge in [0.05, 0.1) is 4.92 Å². The number of carbonyl (C=O) groups is 1. The molecule has 1 aromatic carbocycles. The molecule has 1 rings (SSSR count). The van der Waals surface area contributed by atoms with Crippen molar-refractivity contribution in [3.8, 4) is 0 Å². The highest BCUT2D eigenvalue weighted by atomic mass is 16.6. The van der Waals surface area contributed by atoms with Crippen LogP contribution in [0.25, 0.3) is 0 Å². The number of aryl methyl sites for hydroxylation is 1. The number of carbonyl (C=O) groups excluding carboxylic acids is 1. The third kappa shape index (κ3) is 3.92. The number of nitro benzene ring substituents is 1. The molecule has 0 saturated heterocycles. The lowest BCUT2D eigenvalue weighted by Gasteiger charge is -2.11. The van der Waals surface area contributed by atoms with E-state index in [-0.39, 0.29) is 24.0 Å². The van der Waals surface area contributed by atoms with Gasteiger partial charge in [-0.3, -0.25) is 14.9 Å². The summed E-state index contributed by atoms with van der Waals surface area (Å²) in [6.07, 6.45) is 1.41. The topological polar surface area (TPSA) is 80.4 Å². The van der Waals surface area contributed by atoms with Crippen LogP contribution in [-0.4, -0.2) is 22.4 Å². The summed E-state index contributed by atoms with van der Waals surface area (Å²) in [6.45, 7) is 1.45. The summed E-state index contributed by atoms with van der Waals surface area (Å²) in [5.41, 5.74) is 0.718. The molecule has 0 aliphatic carbocycles. The monoisotopic (exact) mass is 251 g/mol. The highest BCUT2D eigenvalue weighted by molar-refractivity contribution is 5.78. The van der Waals surface area contributed by atoms with Crippen molar-refractivity contribution < 1.29 is 14.8 Å². The third-order valence-corrected chi connectivity index (χ3v) is 3.00. The van der Waals surface area contributed by atoms with Gasteiger partial charge in [0.25, 0.3) is 5.69 Å². The number of nitrogens with zero attached hydrogens (tertiary/aromatic N) is 1. The van der Waals surface area contributed by atoms with E-state index in [0.29, 0.717) is 24.8 Å². The van der Waals surface area contributed by atoms with E-state index in [0.717, 1.165) is 0 Å². The van der Waals surface area contributed by atoms with Gasteiger partial charge in [-0.15, -0.1) is 0 Å². The van der Waals surface area contributed by atoms with Crippen molar-refractivity contribution in [3.63, 3.8) is 0 Å². The lowest BCUT2D eigenvalue weighted by atomic mass is 9.93. The van der Waals surface area contributed by atoms with Gasteiger partial charge in [-0.25, -0.2) is 0 Å². The number of nitro groups is 1. The number of para-hydroxylation sites is 1. The fraction of sp³-hybridized carbons (Fsp3) is 0.462. The minimum atomic E-state index is -0.413. The molecule has 0 aromatic heterocycles. The van der Waals surface area contributed by atoms with Crippen LogP contribution in [0.4, 0.5) is 5.69 Å². The minimum Gasteiger partial charge on any atom is -0.396 e. The van der Waals surface area contributed by atoms with E-state index in [4.69, 9.17) is 5.11 Å². The van der Waals surface area contributed by atoms with E-state index in [2.05, 4.69) is 0 Å². The molecule has 0 fully saturated rings. The van der Waals surface area contributed by atoms with Crippen molar-refractivity contribution >= 4 is 11.5 Å². The van der Waals surface area contributed by atoms with Crippen LogP contribution >= 0.6 is 0 Å². The predicted octanol–water partition coefficient (Wildman–Crippen LogP) is 2.12. The summed E-state index contributed by atoms with van der Waals surface area (Å²) < 4.78 is 0. The number of ketones is 1. The van der Waals surface area contributed by atoms with Gasteiger partial charge >= 0.3 is 0 Å². The van der Waals surface area contributed by atoms with E-state index in [1.165, 1.54) is 13.0 Å². The molecular formula is C13H17NO4. The number of aliphatic hydroxyl groups excluding tert-OH is 1. The Morgan fingerprint density at radius 1 is 1.39 bits per heavy atom. The molecule has 0 saturated carbocycles. The molecule has 1 aromatic rings. The van der Waals surface area contributed by atoms with Crippen molar-refractivity contribution in [1.82, 2.24) is 0 Å². The lowest BCUT2D eigenvalue weighted by molar-refractivity contribution is -0.385. The Labute approximate surface area is 106 Å². The van der Waals surface area contributed by atoms with Gasteiger partial charge in [0, 0.05) is 24.2 Å². The van der Waals surface area contributed by atoms with E-state index >= 15 is 0 Å². The van der Waals surface area contributed by atoms with Gasteiger partial charge in [0.2, 0.25) is 0 Å². The zero-order chi connectivity index (χ0) is 13.5. The Balaban J connectivity index is 2.73. The molecule has 5 heteroatoms. The first-order chi connectivity index (χ1) is 8.56. The predicted molar refractivity (Wildman–Crippen MR) is 67.3 cm³/mol. The van der Waals surface area contributed by atoms with Crippen molar-refractivity contribution in [2.45, 2.75) is 26.2 Å². The van der Waals surface area contributed by atoms with Gasteiger partial charge in [-0.05, 0) is 26.2 Å². The van der Waals surface area contributed by atoms with Crippen LogP contribution in [0.3, 0.4) is 0 Å². The zero-order valence-electron chi connectivity index (χ0n) is 10.3. The van der Waals surface area contributed by atoms with E-state index in [1.54, 1.807) is 18.2 Å². The van der Waals surface area contributed by atoms with Crippen LogP contribution in [0.5, 0.6) is 0 Å². The zero-order valence-corrected chi connectivity index (χ0v) is 10.3. The number of hydrogen-bond donors (Lipinski definition) is 1. The second-order valence-corrected chi connectivity index (χ2v) is 4.24. The SMILES string of the molecule is CC(=O)C(CCO)CCc1ccccc1[N+](=O)[O-]. The Kier molecular flexibility index (Phi) is 5.45. The van der Waals surface area contributed by atoms with E-state index < -0.39 is 4.92 Å². The molecule has 18 heavy (non-hydrogen) atoms. The first kappa shape index (κ1) is 14.3. The summed E-state index contributed by atoms with van der Waals surface area (Å²) in [6, 6.07) is 6.54. The Hall–Kier alpha value is -1.75. The largest absolute Gasteiger partial charge is 0.396 e. The number of hydrogen-bond acceptors (Lipinski definition) is 4. The maximum atomic E-state index is 11.3. The standard InChI is InChI=1S/C13H17NO4/c1-10(16)11(8-9-15)6-7-12-4-2-3-5-13(12)14(17)18/h2-5,11,15H,6-9H2,1H3. The van der Waals surface area contributed by atoms with Crippen LogP contribution in [0.15, 0.2) is 24.3 Å². The first-order valence-electron chi connectivity index (χ1n) is 5.90. The van der Waals surface area contributed by atoms with Crippen molar-refractivity contribution in [2.24, 2.45) is 5.92 Å². The number of rotatable bonds is 7. The summed E-state index contributed by atoms with van der Waals surface area (Å²) in [5.74, 6) is -0.211. The smallest absolute Gasteiger partial charge is 0.272 e. The molecule has 0 spiro atoms. The Morgan fingerprint density at radius 3 is 2.61 bits per heavy atom. The molecule has 0 aliphatic heterocycles. The second-order valence-electron chi connectivity index (χ2n) is 4.24. The van der Waals surface area contributed by atoms with Gasteiger partial charge in [0.15, 0.2) is 0 Å². The van der Waals surface area contributed by atoms with Gasteiger partial charge in [-0.1, -0.05) is 18.2 Å². The second kappa shape index (κ2) is 6.86. The average Bonchev–Trinajstić information content (AvgIpc) is 2.34. The summed E-state index contributed by atoms with van der Waals surface area (Å²) >= 11 is 0. The van der Waals surface area contributed by atoms with Crippen molar-refractivity contribution in [1.29, 1.82) is 0 Å². The molecular weight excluding hydrogens is 234 g/mol. The maximum absolute atomic E-state index is 11.3. The molecule has 0 radical (unpaired) electrons. The molecule has 0 bridgehead atoms. The van der Waals surface area contributed by atoms with E-state index in [9.17, 15) is 14.9 Å².